The van der Waals surface area contributed by atoms with Crippen molar-refractivity contribution in [2.24, 2.45) is 0 Å². The van der Waals surface area contributed by atoms with E-state index in [4.69, 9.17) is 0 Å². The Morgan fingerprint density at radius 2 is 1.84 bits per heavy atom. The van der Waals surface area contributed by atoms with Crippen LogP contribution >= 0.6 is 0 Å². The molecule has 0 spiro atoms. The molecule has 1 aromatic carbocycles. The van der Waals surface area contributed by atoms with Crippen LogP contribution in [0.2, 0.25) is 0 Å². The van der Waals surface area contributed by atoms with Gasteiger partial charge in [-0.1, -0.05) is 37.3 Å². The Bertz CT molecular complexity index is 446. The van der Waals surface area contributed by atoms with Gasteiger partial charge in [-0.25, -0.2) is 13.1 Å². The minimum Gasteiger partial charge on any atom is -0.316 e. The molecule has 1 aromatic rings. The minimum atomic E-state index is -3.19. The van der Waals surface area contributed by atoms with E-state index >= 15 is 0 Å². The monoisotopic (exact) mass is 284 g/mol. The molecule has 0 aromatic heterocycles. The molecule has 0 amide bonds. The van der Waals surface area contributed by atoms with Gasteiger partial charge in [-0.2, -0.15) is 0 Å². The summed E-state index contributed by atoms with van der Waals surface area (Å²) in [6.45, 7) is 5.31. The second-order valence-corrected chi connectivity index (χ2v) is 6.65. The van der Waals surface area contributed by atoms with Crippen LogP contribution in [0.4, 0.5) is 0 Å². The predicted octanol–water partition coefficient (Wildman–Crippen LogP) is 1.54. The summed E-state index contributed by atoms with van der Waals surface area (Å²) >= 11 is 0. The molecule has 0 aliphatic heterocycles. The first-order valence-electron chi connectivity index (χ1n) is 6.78. The lowest BCUT2D eigenvalue weighted by Crippen LogP contribution is -2.38. The second kappa shape index (κ2) is 8.30. The van der Waals surface area contributed by atoms with Gasteiger partial charge in [0, 0.05) is 12.6 Å². The van der Waals surface area contributed by atoms with E-state index < -0.39 is 10.0 Å². The topological polar surface area (TPSA) is 58.2 Å². The fraction of sp³-hybridized carbons (Fsp3) is 0.571. The molecule has 108 valence electrons. The van der Waals surface area contributed by atoms with Gasteiger partial charge in [0.05, 0.1) is 5.75 Å². The van der Waals surface area contributed by atoms with Gasteiger partial charge in [0.1, 0.15) is 0 Å². The Balaban J connectivity index is 2.36. The molecule has 0 saturated heterocycles. The highest BCUT2D eigenvalue weighted by molar-refractivity contribution is 7.89. The number of sulfonamides is 1. The van der Waals surface area contributed by atoms with Crippen molar-refractivity contribution in [3.05, 3.63) is 35.9 Å². The van der Waals surface area contributed by atoms with Crippen LogP contribution in [-0.2, 0) is 16.4 Å². The number of rotatable bonds is 9. The molecule has 0 saturated carbocycles. The van der Waals surface area contributed by atoms with Gasteiger partial charge in [-0.15, -0.1) is 0 Å². The lowest BCUT2D eigenvalue weighted by Gasteiger charge is -2.14. The van der Waals surface area contributed by atoms with Gasteiger partial charge in [-0.05, 0) is 31.9 Å². The molecule has 0 bridgehead atoms. The summed E-state index contributed by atoms with van der Waals surface area (Å²) in [5.41, 5.74) is 1.14. The molecule has 2 N–H and O–H groups in total. The van der Waals surface area contributed by atoms with Crippen molar-refractivity contribution in [3.63, 3.8) is 0 Å². The predicted molar refractivity (Wildman–Crippen MR) is 79.7 cm³/mol. The maximum absolute atomic E-state index is 11.8. The van der Waals surface area contributed by atoms with Crippen molar-refractivity contribution in [1.82, 2.24) is 10.0 Å². The van der Waals surface area contributed by atoms with Gasteiger partial charge in [0.25, 0.3) is 0 Å². The first-order chi connectivity index (χ1) is 9.03. The maximum Gasteiger partial charge on any atom is 0.213 e. The van der Waals surface area contributed by atoms with E-state index in [1.54, 1.807) is 0 Å². The number of hydrogen-bond acceptors (Lipinski definition) is 3. The molecule has 1 unspecified atom stereocenters. The molecule has 0 aliphatic carbocycles. The van der Waals surface area contributed by atoms with Crippen molar-refractivity contribution in [2.75, 3.05) is 18.8 Å². The lowest BCUT2D eigenvalue weighted by molar-refractivity contribution is 0.555. The molecule has 4 nitrogen and oxygen atoms in total. The molecule has 0 heterocycles. The standard InChI is InChI=1S/C14H24N2O2S/c1-3-9-15-10-11-19(17,18)16-13(2)12-14-7-5-4-6-8-14/h4-8,13,15-16H,3,9-12H2,1-2H3. The molecule has 19 heavy (non-hydrogen) atoms. The molecule has 0 fully saturated rings. The van der Waals surface area contributed by atoms with Gasteiger partial charge >= 0.3 is 0 Å². The summed E-state index contributed by atoms with van der Waals surface area (Å²) in [4.78, 5) is 0. The molecule has 0 aliphatic rings. The highest BCUT2D eigenvalue weighted by Gasteiger charge is 2.14. The molecule has 5 heteroatoms. The summed E-state index contributed by atoms with van der Waals surface area (Å²) in [7, 11) is -3.19. The van der Waals surface area contributed by atoms with E-state index in [9.17, 15) is 8.42 Å². The van der Waals surface area contributed by atoms with E-state index in [2.05, 4.69) is 17.0 Å². The van der Waals surface area contributed by atoms with Crippen LogP contribution in [0, 0.1) is 0 Å². The van der Waals surface area contributed by atoms with E-state index in [0.29, 0.717) is 13.0 Å². The Labute approximate surface area is 116 Å². The lowest BCUT2D eigenvalue weighted by atomic mass is 10.1. The Kier molecular flexibility index (Phi) is 7.05. The average molecular weight is 284 g/mol. The van der Waals surface area contributed by atoms with Gasteiger partial charge < -0.3 is 5.32 Å². The largest absolute Gasteiger partial charge is 0.316 e. The first-order valence-corrected chi connectivity index (χ1v) is 8.43. The van der Waals surface area contributed by atoms with E-state index in [1.165, 1.54) is 0 Å². The van der Waals surface area contributed by atoms with Crippen LogP contribution in [-0.4, -0.2) is 33.3 Å². The molecule has 1 rings (SSSR count). The number of hydrogen-bond donors (Lipinski definition) is 2. The zero-order valence-electron chi connectivity index (χ0n) is 11.7. The fourth-order valence-corrected chi connectivity index (χ4v) is 3.11. The third kappa shape index (κ3) is 7.30. The number of benzene rings is 1. The fourth-order valence-electron chi connectivity index (χ4n) is 1.88. The van der Waals surface area contributed by atoms with E-state index in [0.717, 1.165) is 18.5 Å². The molecule has 1 atom stereocenters. The van der Waals surface area contributed by atoms with Gasteiger partial charge in [0.2, 0.25) is 10.0 Å². The quantitative estimate of drug-likeness (QED) is 0.676. The zero-order valence-corrected chi connectivity index (χ0v) is 12.5. The Morgan fingerprint density at radius 1 is 1.16 bits per heavy atom. The summed E-state index contributed by atoms with van der Waals surface area (Å²) in [6.07, 6.45) is 1.72. The number of nitrogens with one attached hydrogen (secondary N) is 2. The van der Waals surface area contributed by atoms with Crippen molar-refractivity contribution >= 4 is 10.0 Å². The SMILES string of the molecule is CCCNCCS(=O)(=O)NC(C)Cc1ccccc1. The van der Waals surface area contributed by atoms with Crippen molar-refractivity contribution in [3.8, 4) is 0 Å². The normalized spacial score (nSPS) is 13.4. The third-order valence-corrected chi connectivity index (χ3v) is 4.24. The van der Waals surface area contributed by atoms with E-state index in [-0.39, 0.29) is 11.8 Å². The Hall–Kier alpha value is -0.910. The van der Waals surface area contributed by atoms with Crippen molar-refractivity contribution in [2.45, 2.75) is 32.7 Å². The average Bonchev–Trinajstić information content (AvgIpc) is 2.35. The van der Waals surface area contributed by atoms with Crippen molar-refractivity contribution in [1.29, 1.82) is 0 Å². The summed E-state index contributed by atoms with van der Waals surface area (Å²) in [6, 6.07) is 9.81. The van der Waals surface area contributed by atoms with Crippen LogP contribution < -0.4 is 10.0 Å². The minimum absolute atomic E-state index is 0.0847. The van der Waals surface area contributed by atoms with Crippen LogP contribution in [0.3, 0.4) is 0 Å². The molecular formula is C14H24N2O2S. The van der Waals surface area contributed by atoms with Crippen LogP contribution in [0.1, 0.15) is 25.8 Å². The highest BCUT2D eigenvalue weighted by Crippen LogP contribution is 2.03. The van der Waals surface area contributed by atoms with E-state index in [1.807, 2.05) is 37.3 Å². The summed E-state index contributed by atoms with van der Waals surface area (Å²) in [5.74, 6) is 0.131. The summed E-state index contributed by atoms with van der Waals surface area (Å²) in [5, 5.41) is 3.09. The van der Waals surface area contributed by atoms with Crippen LogP contribution in [0.25, 0.3) is 0 Å². The van der Waals surface area contributed by atoms with Crippen LogP contribution in [0.5, 0.6) is 0 Å². The van der Waals surface area contributed by atoms with Crippen LogP contribution in [0.15, 0.2) is 30.3 Å². The maximum atomic E-state index is 11.8. The third-order valence-electron chi connectivity index (χ3n) is 2.74. The zero-order chi connectivity index (χ0) is 14.1. The molecule has 0 radical (unpaired) electrons. The van der Waals surface area contributed by atoms with Crippen molar-refractivity contribution < 1.29 is 8.42 Å². The van der Waals surface area contributed by atoms with Gasteiger partial charge in [0.15, 0.2) is 0 Å². The highest BCUT2D eigenvalue weighted by atomic mass is 32.2. The Morgan fingerprint density at radius 3 is 2.47 bits per heavy atom. The summed E-state index contributed by atoms with van der Waals surface area (Å²) < 4.78 is 26.4. The smallest absolute Gasteiger partial charge is 0.213 e. The second-order valence-electron chi connectivity index (χ2n) is 4.78. The first kappa shape index (κ1) is 16.1. The molecular weight excluding hydrogens is 260 g/mol. The van der Waals surface area contributed by atoms with Gasteiger partial charge in [-0.3, -0.25) is 0 Å².